The van der Waals surface area contributed by atoms with Gasteiger partial charge in [-0.2, -0.15) is 4.36 Å². The molecule has 0 radical (unpaired) electrons. The molecule has 3 aromatic carbocycles. The summed E-state index contributed by atoms with van der Waals surface area (Å²) < 4.78 is 41.8. The largest absolute Gasteiger partial charge is 0.478 e. The third-order valence-electron chi connectivity index (χ3n) is 5.37. The molecule has 0 unspecified atom stereocenters. The summed E-state index contributed by atoms with van der Waals surface area (Å²) in [6, 6.07) is 16.5. The standard InChI is InChI=1S/C27H27FN4O5S/c1-17-11-20(32-38(2,3)35)13-22-25(17)26(30-16-29-22)31-21-10-9-19(28)12-23(21)37-24(27(33)34)15-36-14-18-7-5-4-6-8-18/h4-13,16,24H,14-15H2,1-3H3,(H,33,34)(H,29,30,31)/t24-/m1/s1. The molecule has 38 heavy (non-hydrogen) atoms. The maximum Gasteiger partial charge on any atom is 0.347 e. The smallest absolute Gasteiger partial charge is 0.347 e. The van der Waals surface area contributed by atoms with Gasteiger partial charge in [-0.05, 0) is 42.3 Å². The molecule has 198 valence electrons. The molecule has 0 aliphatic carbocycles. The first-order chi connectivity index (χ1) is 18.1. The minimum absolute atomic E-state index is 0.0200. The van der Waals surface area contributed by atoms with Gasteiger partial charge in [0.1, 0.15) is 23.7 Å². The van der Waals surface area contributed by atoms with Gasteiger partial charge in [0.05, 0.1) is 30.1 Å². The number of benzene rings is 3. The van der Waals surface area contributed by atoms with Crippen molar-refractivity contribution in [2.75, 3.05) is 24.4 Å². The third-order valence-corrected chi connectivity index (χ3v) is 6.02. The average molecular weight is 539 g/mol. The fourth-order valence-corrected chi connectivity index (χ4v) is 4.38. The monoisotopic (exact) mass is 538 g/mol. The lowest BCUT2D eigenvalue weighted by atomic mass is 10.1. The highest BCUT2D eigenvalue weighted by molar-refractivity contribution is 7.92. The first kappa shape index (κ1) is 27.0. The van der Waals surface area contributed by atoms with Gasteiger partial charge in [0.2, 0.25) is 6.10 Å². The van der Waals surface area contributed by atoms with Crippen molar-refractivity contribution in [3.05, 3.63) is 83.9 Å². The van der Waals surface area contributed by atoms with Gasteiger partial charge < -0.3 is 19.9 Å². The average Bonchev–Trinajstić information content (AvgIpc) is 2.84. The number of anilines is 2. The Kier molecular flexibility index (Phi) is 8.18. The zero-order valence-corrected chi connectivity index (χ0v) is 21.9. The minimum atomic E-state index is -2.37. The molecule has 4 aromatic rings. The van der Waals surface area contributed by atoms with E-state index in [2.05, 4.69) is 19.6 Å². The molecule has 0 aliphatic rings. The third kappa shape index (κ3) is 7.02. The van der Waals surface area contributed by atoms with Crippen LogP contribution in [0.1, 0.15) is 11.1 Å². The van der Waals surface area contributed by atoms with Crippen molar-refractivity contribution in [1.82, 2.24) is 9.97 Å². The summed E-state index contributed by atoms with van der Waals surface area (Å²) in [6.07, 6.45) is 3.07. The lowest BCUT2D eigenvalue weighted by molar-refractivity contribution is -0.148. The van der Waals surface area contributed by atoms with E-state index in [0.717, 1.165) is 17.2 Å². The van der Waals surface area contributed by atoms with Crippen LogP contribution in [0.4, 0.5) is 21.6 Å². The zero-order valence-electron chi connectivity index (χ0n) is 21.1. The molecular formula is C27H27FN4O5S. The van der Waals surface area contributed by atoms with Crippen LogP contribution in [0.5, 0.6) is 5.75 Å². The highest BCUT2D eigenvalue weighted by Crippen LogP contribution is 2.34. The molecule has 0 saturated carbocycles. The van der Waals surface area contributed by atoms with Crippen LogP contribution in [-0.2, 0) is 25.9 Å². The van der Waals surface area contributed by atoms with Crippen molar-refractivity contribution in [3.8, 4) is 5.75 Å². The van der Waals surface area contributed by atoms with E-state index in [1.165, 1.54) is 18.5 Å². The molecule has 9 nitrogen and oxygen atoms in total. The lowest BCUT2D eigenvalue weighted by Crippen LogP contribution is -2.32. The van der Waals surface area contributed by atoms with Gasteiger partial charge in [-0.15, -0.1) is 0 Å². The molecule has 0 fully saturated rings. The Balaban J connectivity index is 1.60. The molecule has 0 spiro atoms. The maximum atomic E-state index is 14.2. The molecule has 1 aromatic heterocycles. The number of nitrogens with zero attached hydrogens (tertiary/aromatic N) is 3. The zero-order chi connectivity index (χ0) is 27.3. The van der Waals surface area contributed by atoms with Crippen LogP contribution < -0.4 is 10.1 Å². The number of carbonyl (C=O) groups is 1. The van der Waals surface area contributed by atoms with E-state index >= 15 is 0 Å². The van der Waals surface area contributed by atoms with Gasteiger partial charge in [-0.3, -0.25) is 0 Å². The number of aryl methyl sites for hydroxylation is 1. The second kappa shape index (κ2) is 11.5. The Morgan fingerprint density at radius 1 is 1.13 bits per heavy atom. The van der Waals surface area contributed by atoms with E-state index in [1.807, 2.05) is 37.3 Å². The molecule has 1 atom stereocenters. The van der Waals surface area contributed by atoms with E-state index < -0.39 is 27.6 Å². The molecule has 1 heterocycles. The second-order valence-corrected chi connectivity index (χ2v) is 11.4. The number of carboxylic acid groups (broad SMARTS) is 1. The predicted octanol–water partition coefficient (Wildman–Crippen LogP) is 5.23. The van der Waals surface area contributed by atoms with E-state index in [0.29, 0.717) is 28.1 Å². The van der Waals surface area contributed by atoms with Gasteiger partial charge in [0, 0.05) is 33.7 Å². The maximum absolute atomic E-state index is 14.2. The van der Waals surface area contributed by atoms with Gasteiger partial charge in [0.25, 0.3) is 0 Å². The molecule has 11 heteroatoms. The normalized spacial score (nSPS) is 12.2. The number of rotatable bonds is 10. The van der Waals surface area contributed by atoms with E-state index in [1.54, 1.807) is 24.6 Å². The SMILES string of the molecule is Cc1cc(N=S(C)(C)=O)cc2ncnc(Nc3ccc(F)cc3O[C@H](COCc3ccccc3)C(=O)O)c12. The summed E-state index contributed by atoms with van der Waals surface area (Å²) in [7, 11) is -2.37. The van der Waals surface area contributed by atoms with E-state index in [-0.39, 0.29) is 19.0 Å². The fourth-order valence-electron chi connectivity index (χ4n) is 3.77. The summed E-state index contributed by atoms with van der Waals surface area (Å²) in [6.45, 7) is 1.80. The minimum Gasteiger partial charge on any atom is -0.478 e. The topological polar surface area (TPSA) is 123 Å². The van der Waals surface area contributed by atoms with Crippen LogP contribution in [0.3, 0.4) is 0 Å². The number of hydrogen-bond acceptors (Lipinski definition) is 8. The number of hydrogen-bond donors (Lipinski definition) is 2. The van der Waals surface area contributed by atoms with Crippen molar-refractivity contribution in [2.45, 2.75) is 19.6 Å². The predicted molar refractivity (Wildman–Crippen MR) is 144 cm³/mol. The first-order valence-corrected chi connectivity index (χ1v) is 13.9. The summed E-state index contributed by atoms with van der Waals surface area (Å²) in [5.41, 5.74) is 3.05. The van der Waals surface area contributed by atoms with E-state index in [4.69, 9.17) is 9.47 Å². The number of ether oxygens (including phenoxy) is 2. The Morgan fingerprint density at radius 2 is 1.89 bits per heavy atom. The first-order valence-electron chi connectivity index (χ1n) is 11.6. The number of fused-ring (bicyclic) bond motifs is 1. The molecule has 0 saturated heterocycles. The van der Waals surface area contributed by atoms with Crippen LogP contribution in [0.2, 0.25) is 0 Å². The lowest BCUT2D eigenvalue weighted by Gasteiger charge is -2.19. The molecule has 0 bridgehead atoms. The van der Waals surface area contributed by atoms with Crippen LogP contribution in [0.25, 0.3) is 10.9 Å². The number of halogens is 1. The summed E-state index contributed by atoms with van der Waals surface area (Å²) in [4.78, 5) is 20.5. The summed E-state index contributed by atoms with van der Waals surface area (Å²) in [5, 5.41) is 13.5. The van der Waals surface area contributed by atoms with E-state index in [9.17, 15) is 18.5 Å². The summed E-state index contributed by atoms with van der Waals surface area (Å²) >= 11 is 0. The van der Waals surface area contributed by atoms with Crippen molar-refractivity contribution < 1.29 is 28.0 Å². The molecule has 0 amide bonds. The van der Waals surface area contributed by atoms with Crippen LogP contribution >= 0.6 is 0 Å². The van der Waals surface area contributed by atoms with Gasteiger partial charge in [0.15, 0.2) is 0 Å². The summed E-state index contributed by atoms with van der Waals surface area (Å²) in [5.74, 6) is -1.47. The fraction of sp³-hybridized carbons (Fsp3) is 0.222. The second-order valence-electron chi connectivity index (χ2n) is 8.86. The van der Waals surface area contributed by atoms with Crippen molar-refractivity contribution >= 4 is 43.8 Å². The quantitative estimate of drug-likeness (QED) is 0.281. The molecular weight excluding hydrogens is 511 g/mol. The van der Waals surface area contributed by atoms with Gasteiger partial charge in [-0.1, -0.05) is 30.3 Å². The number of aromatic nitrogens is 2. The Bertz CT molecular complexity index is 1580. The van der Waals surface area contributed by atoms with Crippen LogP contribution in [0.15, 0.2) is 71.4 Å². The van der Waals surface area contributed by atoms with Crippen LogP contribution in [0, 0.1) is 12.7 Å². The number of carboxylic acids is 1. The highest BCUT2D eigenvalue weighted by Gasteiger charge is 2.22. The Labute approximate surface area is 219 Å². The van der Waals surface area contributed by atoms with Gasteiger partial charge in [-0.25, -0.2) is 23.4 Å². The van der Waals surface area contributed by atoms with Crippen molar-refractivity contribution in [3.63, 3.8) is 0 Å². The van der Waals surface area contributed by atoms with Crippen molar-refractivity contribution in [1.29, 1.82) is 0 Å². The van der Waals surface area contributed by atoms with Crippen LogP contribution in [-0.4, -0.2) is 50.5 Å². The number of aliphatic carboxylic acids is 1. The Hall–Kier alpha value is -4.09. The molecule has 4 rings (SSSR count). The van der Waals surface area contributed by atoms with Gasteiger partial charge >= 0.3 is 5.97 Å². The molecule has 2 N–H and O–H groups in total. The molecule has 0 aliphatic heterocycles. The number of nitrogens with one attached hydrogen (secondary N) is 1. The Morgan fingerprint density at radius 3 is 2.61 bits per heavy atom. The van der Waals surface area contributed by atoms with Crippen molar-refractivity contribution in [2.24, 2.45) is 4.36 Å². The highest BCUT2D eigenvalue weighted by atomic mass is 32.2.